The Labute approximate surface area is 104 Å². The minimum atomic E-state index is 0.299. The first-order valence-electron chi connectivity index (χ1n) is 5.16. The van der Waals surface area contributed by atoms with Crippen molar-refractivity contribution in [2.75, 3.05) is 18.2 Å². The SMILES string of the molecule is COc1cccc(C#N)c1Nc1cncc(N)n1. The number of hydrogen-bond acceptors (Lipinski definition) is 6. The second kappa shape index (κ2) is 5.01. The standard InChI is InChI=1S/C12H11N5O/c1-18-9-4-2-3-8(5-13)12(9)17-11-7-15-6-10(14)16-11/h2-4,6-7H,1H3,(H3,14,16,17). The summed E-state index contributed by atoms with van der Waals surface area (Å²) in [6.07, 6.45) is 2.96. The van der Waals surface area contributed by atoms with E-state index in [0.29, 0.717) is 28.6 Å². The maximum atomic E-state index is 9.06. The van der Waals surface area contributed by atoms with Crippen LogP contribution in [0.1, 0.15) is 5.56 Å². The predicted molar refractivity (Wildman–Crippen MR) is 67.4 cm³/mol. The molecular formula is C12H11N5O. The Hall–Kier alpha value is -2.81. The van der Waals surface area contributed by atoms with E-state index in [2.05, 4.69) is 21.4 Å². The van der Waals surface area contributed by atoms with E-state index in [1.165, 1.54) is 19.5 Å². The Bertz CT molecular complexity index is 606. The molecule has 1 heterocycles. The van der Waals surface area contributed by atoms with Crippen molar-refractivity contribution in [3.05, 3.63) is 36.2 Å². The van der Waals surface area contributed by atoms with Crippen molar-refractivity contribution >= 4 is 17.3 Å². The van der Waals surface area contributed by atoms with Crippen LogP contribution in [0.15, 0.2) is 30.6 Å². The van der Waals surface area contributed by atoms with Gasteiger partial charge in [-0.05, 0) is 12.1 Å². The first-order chi connectivity index (χ1) is 8.74. The number of nitrogens with zero attached hydrogens (tertiary/aromatic N) is 3. The predicted octanol–water partition coefficient (Wildman–Crippen LogP) is 1.68. The highest BCUT2D eigenvalue weighted by atomic mass is 16.5. The third-order valence-corrected chi connectivity index (χ3v) is 2.27. The van der Waals surface area contributed by atoms with Crippen LogP contribution in [0.25, 0.3) is 0 Å². The summed E-state index contributed by atoms with van der Waals surface area (Å²) in [5.74, 6) is 1.31. The van der Waals surface area contributed by atoms with E-state index < -0.39 is 0 Å². The summed E-state index contributed by atoms with van der Waals surface area (Å²) in [7, 11) is 1.53. The van der Waals surface area contributed by atoms with Gasteiger partial charge in [0.1, 0.15) is 23.3 Å². The number of hydrogen-bond donors (Lipinski definition) is 2. The van der Waals surface area contributed by atoms with Gasteiger partial charge in [0, 0.05) is 0 Å². The fourth-order valence-corrected chi connectivity index (χ4v) is 1.49. The number of nitrogens with two attached hydrogens (primary N) is 1. The lowest BCUT2D eigenvalue weighted by atomic mass is 10.2. The molecule has 2 rings (SSSR count). The molecule has 0 aliphatic heterocycles. The van der Waals surface area contributed by atoms with E-state index in [-0.39, 0.29) is 0 Å². The number of benzene rings is 1. The van der Waals surface area contributed by atoms with E-state index in [1.54, 1.807) is 18.2 Å². The highest BCUT2D eigenvalue weighted by Crippen LogP contribution is 2.30. The van der Waals surface area contributed by atoms with Crippen molar-refractivity contribution in [1.82, 2.24) is 9.97 Å². The second-order valence-electron chi connectivity index (χ2n) is 3.45. The number of nitriles is 1. The van der Waals surface area contributed by atoms with Crippen molar-refractivity contribution < 1.29 is 4.74 Å². The van der Waals surface area contributed by atoms with E-state index in [4.69, 9.17) is 15.7 Å². The van der Waals surface area contributed by atoms with E-state index in [0.717, 1.165) is 0 Å². The van der Waals surface area contributed by atoms with Gasteiger partial charge in [-0.25, -0.2) is 4.98 Å². The minimum absolute atomic E-state index is 0.299. The molecule has 18 heavy (non-hydrogen) atoms. The Kier molecular flexibility index (Phi) is 3.25. The fourth-order valence-electron chi connectivity index (χ4n) is 1.49. The number of rotatable bonds is 3. The van der Waals surface area contributed by atoms with Crippen LogP contribution in [0.3, 0.4) is 0 Å². The zero-order chi connectivity index (χ0) is 13.0. The number of ether oxygens (including phenoxy) is 1. The number of para-hydroxylation sites is 1. The van der Waals surface area contributed by atoms with Crippen LogP contribution in [0.4, 0.5) is 17.3 Å². The van der Waals surface area contributed by atoms with Crippen LogP contribution in [-0.4, -0.2) is 17.1 Å². The summed E-state index contributed by atoms with van der Waals surface area (Å²) < 4.78 is 5.20. The van der Waals surface area contributed by atoms with Crippen molar-refractivity contribution in [3.8, 4) is 11.8 Å². The van der Waals surface area contributed by atoms with Crippen LogP contribution >= 0.6 is 0 Å². The molecule has 3 N–H and O–H groups in total. The zero-order valence-corrected chi connectivity index (χ0v) is 9.71. The zero-order valence-electron chi connectivity index (χ0n) is 9.71. The lowest BCUT2D eigenvalue weighted by molar-refractivity contribution is 0.416. The number of aromatic nitrogens is 2. The van der Waals surface area contributed by atoms with Gasteiger partial charge >= 0.3 is 0 Å². The van der Waals surface area contributed by atoms with Gasteiger partial charge in [0.2, 0.25) is 0 Å². The van der Waals surface area contributed by atoms with Crippen molar-refractivity contribution in [3.63, 3.8) is 0 Å². The molecule has 0 atom stereocenters. The third kappa shape index (κ3) is 2.30. The van der Waals surface area contributed by atoms with Gasteiger partial charge in [0.05, 0.1) is 25.1 Å². The number of methoxy groups -OCH3 is 1. The molecule has 0 aliphatic rings. The molecule has 6 heteroatoms. The van der Waals surface area contributed by atoms with Crippen molar-refractivity contribution in [2.24, 2.45) is 0 Å². The molecule has 0 fully saturated rings. The van der Waals surface area contributed by atoms with Gasteiger partial charge in [-0.15, -0.1) is 0 Å². The average molecular weight is 241 g/mol. The summed E-state index contributed by atoms with van der Waals surface area (Å²) in [6, 6.07) is 7.26. The number of anilines is 3. The van der Waals surface area contributed by atoms with Gasteiger partial charge in [-0.1, -0.05) is 6.07 Å². The van der Waals surface area contributed by atoms with Gasteiger partial charge in [-0.3, -0.25) is 4.98 Å². The first-order valence-corrected chi connectivity index (χ1v) is 5.16. The Balaban J connectivity index is 2.42. The van der Waals surface area contributed by atoms with E-state index in [9.17, 15) is 0 Å². The minimum Gasteiger partial charge on any atom is -0.495 e. The molecule has 0 bridgehead atoms. The van der Waals surface area contributed by atoms with Gasteiger partial charge < -0.3 is 15.8 Å². The lowest BCUT2D eigenvalue weighted by Gasteiger charge is -2.11. The second-order valence-corrected chi connectivity index (χ2v) is 3.45. The Morgan fingerprint density at radius 1 is 1.39 bits per heavy atom. The van der Waals surface area contributed by atoms with Crippen LogP contribution in [0.5, 0.6) is 5.75 Å². The number of nitrogen functional groups attached to an aromatic ring is 1. The molecule has 2 aromatic rings. The van der Waals surface area contributed by atoms with Crippen LogP contribution in [-0.2, 0) is 0 Å². The van der Waals surface area contributed by atoms with E-state index in [1.807, 2.05) is 0 Å². The molecule has 1 aromatic carbocycles. The normalized spacial score (nSPS) is 9.56. The van der Waals surface area contributed by atoms with Gasteiger partial charge in [0.15, 0.2) is 5.82 Å². The van der Waals surface area contributed by atoms with Crippen LogP contribution in [0, 0.1) is 11.3 Å². The molecule has 0 saturated carbocycles. The quantitative estimate of drug-likeness (QED) is 0.848. The highest BCUT2D eigenvalue weighted by Gasteiger charge is 2.09. The summed E-state index contributed by atoms with van der Waals surface area (Å²) >= 11 is 0. The molecule has 0 spiro atoms. The topological polar surface area (TPSA) is 96.8 Å². The fraction of sp³-hybridized carbons (Fsp3) is 0.0833. The first kappa shape index (κ1) is 11.7. The summed E-state index contributed by atoms with van der Waals surface area (Å²) in [5.41, 5.74) is 6.54. The maximum Gasteiger partial charge on any atom is 0.151 e. The summed E-state index contributed by atoms with van der Waals surface area (Å²) in [4.78, 5) is 7.98. The molecule has 90 valence electrons. The van der Waals surface area contributed by atoms with Crippen molar-refractivity contribution in [2.45, 2.75) is 0 Å². The van der Waals surface area contributed by atoms with Crippen LogP contribution in [0.2, 0.25) is 0 Å². The van der Waals surface area contributed by atoms with Gasteiger partial charge in [0.25, 0.3) is 0 Å². The Morgan fingerprint density at radius 3 is 2.89 bits per heavy atom. The lowest BCUT2D eigenvalue weighted by Crippen LogP contribution is -2.01. The molecule has 6 nitrogen and oxygen atoms in total. The van der Waals surface area contributed by atoms with Gasteiger partial charge in [-0.2, -0.15) is 5.26 Å². The largest absolute Gasteiger partial charge is 0.495 e. The Morgan fingerprint density at radius 2 is 2.22 bits per heavy atom. The molecule has 1 aromatic heterocycles. The smallest absolute Gasteiger partial charge is 0.151 e. The highest BCUT2D eigenvalue weighted by molar-refractivity contribution is 5.71. The molecule has 0 saturated heterocycles. The van der Waals surface area contributed by atoms with Crippen molar-refractivity contribution in [1.29, 1.82) is 5.26 Å². The van der Waals surface area contributed by atoms with E-state index >= 15 is 0 Å². The third-order valence-electron chi connectivity index (χ3n) is 2.27. The summed E-state index contributed by atoms with van der Waals surface area (Å²) in [6.45, 7) is 0. The molecular weight excluding hydrogens is 230 g/mol. The molecule has 0 radical (unpaired) electrons. The summed E-state index contributed by atoms with van der Waals surface area (Å²) in [5, 5.41) is 12.0. The van der Waals surface area contributed by atoms with Crippen LogP contribution < -0.4 is 15.8 Å². The average Bonchev–Trinajstić information content (AvgIpc) is 2.39. The monoisotopic (exact) mass is 241 g/mol. The maximum absolute atomic E-state index is 9.06. The molecule has 0 amide bonds. The number of nitrogens with one attached hydrogen (secondary N) is 1. The molecule has 0 aliphatic carbocycles. The molecule has 0 unspecified atom stereocenters.